The number of para-hydroxylation sites is 1. The quantitative estimate of drug-likeness (QED) is 0.574. The van der Waals surface area contributed by atoms with Gasteiger partial charge in [-0.3, -0.25) is 4.90 Å². The minimum Gasteiger partial charge on any atom is -0.395 e. The molecule has 0 radical (unpaired) electrons. The Labute approximate surface area is 206 Å². The highest BCUT2D eigenvalue weighted by Crippen LogP contribution is 2.42. The van der Waals surface area contributed by atoms with Gasteiger partial charge in [0.05, 0.1) is 6.61 Å². The number of aliphatic hydroxyl groups is 1. The monoisotopic (exact) mass is 466 g/mol. The molecule has 3 aromatic rings. The molecule has 0 saturated carbocycles. The summed E-state index contributed by atoms with van der Waals surface area (Å²) in [5.74, 6) is 6.44. The number of carbonyl (C=O) groups is 1. The smallest absolute Gasteiger partial charge is 0.321 e. The van der Waals surface area contributed by atoms with E-state index in [2.05, 4.69) is 39.2 Å². The number of fused-ring (bicyclic) bond motifs is 1. The normalized spacial score (nSPS) is 22.0. The first-order valence-electron chi connectivity index (χ1n) is 12.2. The Morgan fingerprint density at radius 1 is 0.971 bits per heavy atom. The molecule has 2 aliphatic heterocycles. The van der Waals surface area contributed by atoms with Gasteiger partial charge in [-0.15, -0.1) is 0 Å². The Bertz CT molecular complexity index is 1190. The summed E-state index contributed by atoms with van der Waals surface area (Å²) in [6, 6.07) is 23.8. The van der Waals surface area contributed by atoms with Gasteiger partial charge in [0.2, 0.25) is 0 Å². The van der Waals surface area contributed by atoms with Crippen molar-refractivity contribution in [1.29, 1.82) is 0 Å². The van der Waals surface area contributed by atoms with Gasteiger partial charge in [0.25, 0.3) is 0 Å². The standard InChI is InChI=1S/C29H30N4O2/c34-21-27-28(23-14-11-22(12-15-23)13-16-24-8-4-5-17-30-24)26-20-32(18-6-7-19-33(26)27)29(35)31-25-9-2-1-3-10-25/h1-5,8-12,14-15,17,26-28,34H,6-7,18-21H2,(H,31,35)/t26-,27+,28-/m0/s1. The van der Waals surface area contributed by atoms with Crippen molar-refractivity contribution in [1.82, 2.24) is 14.8 Å². The van der Waals surface area contributed by atoms with Crippen LogP contribution < -0.4 is 5.32 Å². The summed E-state index contributed by atoms with van der Waals surface area (Å²) >= 11 is 0. The van der Waals surface area contributed by atoms with E-state index < -0.39 is 0 Å². The Kier molecular flexibility index (Phi) is 7.08. The molecular formula is C29H30N4O2. The highest BCUT2D eigenvalue weighted by molar-refractivity contribution is 5.89. The zero-order valence-electron chi connectivity index (χ0n) is 19.7. The molecule has 0 unspecified atom stereocenters. The number of hydrogen-bond donors (Lipinski definition) is 2. The Balaban J connectivity index is 1.32. The Morgan fingerprint density at radius 2 is 1.74 bits per heavy atom. The van der Waals surface area contributed by atoms with Crippen molar-refractivity contribution in [3.63, 3.8) is 0 Å². The van der Waals surface area contributed by atoms with E-state index in [1.807, 2.05) is 65.6 Å². The number of amides is 2. The van der Waals surface area contributed by atoms with Gasteiger partial charge in [-0.1, -0.05) is 42.3 Å². The van der Waals surface area contributed by atoms with Crippen LogP contribution in [0.1, 0.15) is 35.6 Å². The van der Waals surface area contributed by atoms with Gasteiger partial charge in [-0.25, -0.2) is 9.78 Å². The molecule has 0 spiro atoms. The number of hydrogen-bond acceptors (Lipinski definition) is 4. The van der Waals surface area contributed by atoms with Crippen molar-refractivity contribution in [2.45, 2.75) is 30.8 Å². The van der Waals surface area contributed by atoms with Crippen LogP contribution in [0, 0.1) is 11.8 Å². The average molecular weight is 467 g/mol. The number of carbonyl (C=O) groups excluding carboxylic acids is 1. The molecule has 2 N–H and O–H groups in total. The second kappa shape index (κ2) is 10.7. The third-order valence-corrected chi connectivity index (χ3v) is 6.98. The third-order valence-electron chi connectivity index (χ3n) is 6.98. The fourth-order valence-corrected chi connectivity index (χ4v) is 5.21. The molecule has 0 aliphatic carbocycles. The number of nitrogens with one attached hydrogen (secondary N) is 1. The summed E-state index contributed by atoms with van der Waals surface area (Å²) in [4.78, 5) is 21.6. The zero-order chi connectivity index (χ0) is 24.0. The summed E-state index contributed by atoms with van der Waals surface area (Å²) in [7, 11) is 0. The van der Waals surface area contributed by atoms with Crippen LogP contribution in [0.15, 0.2) is 79.0 Å². The topological polar surface area (TPSA) is 68.7 Å². The molecule has 178 valence electrons. The molecule has 0 bridgehead atoms. The van der Waals surface area contributed by atoms with Crippen LogP contribution in [-0.4, -0.2) is 64.2 Å². The first-order chi connectivity index (χ1) is 17.2. The second-order valence-corrected chi connectivity index (χ2v) is 9.12. The van der Waals surface area contributed by atoms with E-state index in [4.69, 9.17) is 0 Å². The lowest BCUT2D eigenvalue weighted by Crippen LogP contribution is -2.68. The lowest BCUT2D eigenvalue weighted by atomic mass is 9.74. The van der Waals surface area contributed by atoms with Gasteiger partial charge in [0.1, 0.15) is 5.69 Å². The number of aliphatic hydroxyl groups excluding tert-OH is 1. The molecule has 2 amide bonds. The average Bonchev–Trinajstić information content (AvgIpc) is 2.88. The van der Waals surface area contributed by atoms with E-state index in [1.54, 1.807) is 6.20 Å². The Morgan fingerprint density at radius 3 is 2.49 bits per heavy atom. The molecule has 2 aliphatic rings. The van der Waals surface area contributed by atoms with Crippen LogP contribution in [0.4, 0.5) is 10.5 Å². The van der Waals surface area contributed by atoms with Crippen LogP contribution in [-0.2, 0) is 0 Å². The van der Waals surface area contributed by atoms with E-state index in [-0.39, 0.29) is 30.6 Å². The summed E-state index contributed by atoms with van der Waals surface area (Å²) in [5.41, 5.74) is 3.66. The third kappa shape index (κ3) is 5.22. The lowest BCUT2D eigenvalue weighted by molar-refractivity contribution is -0.0585. The van der Waals surface area contributed by atoms with Gasteiger partial charge >= 0.3 is 6.03 Å². The van der Waals surface area contributed by atoms with Crippen LogP contribution in [0.5, 0.6) is 0 Å². The molecule has 6 heteroatoms. The summed E-state index contributed by atoms with van der Waals surface area (Å²) < 4.78 is 0. The summed E-state index contributed by atoms with van der Waals surface area (Å²) in [6.45, 7) is 2.44. The predicted octanol–water partition coefficient (Wildman–Crippen LogP) is 3.94. The van der Waals surface area contributed by atoms with Gasteiger partial charge < -0.3 is 15.3 Å². The molecule has 2 fully saturated rings. The number of nitrogens with zero attached hydrogens (tertiary/aromatic N) is 3. The largest absolute Gasteiger partial charge is 0.395 e. The highest BCUT2D eigenvalue weighted by atomic mass is 16.3. The van der Waals surface area contributed by atoms with Crippen molar-refractivity contribution in [2.75, 3.05) is 31.6 Å². The van der Waals surface area contributed by atoms with E-state index in [0.717, 1.165) is 42.9 Å². The van der Waals surface area contributed by atoms with Gasteiger partial charge in [0.15, 0.2) is 0 Å². The maximum absolute atomic E-state index is 13.1. The van der Waals surface area contributed by atoms with Crippen molar-refractivity contribution in [3.05, 3.63) is 95.8 Å². The van der Waals surface area contributed by atoms with Crippen LogP contribution in [0.2, 0.25) is 0 Å². The van der Waals surface area contributed by atoms with Gasteiger partial charge in [0, 0.05) is 48.5 Å². The fourth-order valence-electron chi connectivity index (χ4n) is 5.21. The highest BCUT2D eigenvalue weighted by Gasteiger charge is 2.49. The van der Waals surface area contributed by atoms with E-state index in [1.165, 1.54) is 5.56 Å². The molecular weight excluding hydrogens is 436 g/mol. The molecule has 3 atom stereocenters. The van der Waals surface area contributed by atoms with E-state index in [9.17, 15) is 9.90 Å². The van der Waals surface area contributed by atoms with E-state index >= 15 is 0 Å². The van der Waals surface area contributed by atoms with Crippen LogP contribution in [0.25, 0.3) is 0 Å². The number of pyridine rings is 1. The number of urea groups is 1. The second-order valence-electron chi connectivity index (χ2n) is 9.12. The SMILES string of the molecule is O=C(Nc1ccccc1)N1CCCCN2[C@H](CO)[C@@H](c3ccc(C#Cc4ccccn4)cc3)[C@@H]2C1. The first-order valence-corrected chi connectivity index (χ1v) is 12.2. The molecule has 6 nitrogen and oxygen atoms in total. The fraction of sp³-hybridized carbons (Fsp3) is 0.310. The van der Waals surface area contributed by atoms with Crippen LogP contribution in [0.3, 0.4) is 0 Å². The molecule has 3 heterocycles. The summed E-state index contributed by atoms with van der Waals surface area (Å²) in [5, 5.41) is 13.2. The predicted molar refractivity (Wildman–Crippen MR) is 137 cm³/mol. The van der Waals surface area contributed by atoms with Gasteiger partial charge in [-0.2, -0.15) is 0 Å². The molecule has 2 saturated heterocycles. The zero-order valence-corrected chi connectivity index (χ0v) is 19.7. The minimum absolute atomic E-state index is 0.0654. The van der Waals surface area contributed by atoms with Crippen molar-refractivity contribution >= 4 is 11.7 Å². The molecule has 1 aromatic heterocycles. The first kappa shape index (κ1) is 23.1. The van der Waals surface area contributed by atoms with Crippen molar-refractivity contribution in [2.24, 2.45) is 0 Å². The molecule has 35 heavy (non-hydrogen) atoms. The molecule has 2 aromatic carbocycles. The lowest BCUT2D eigenvalue weighted by Gasteiger charge is -2.57. The summed E-state index contributed by atoms with van der Waals surface area (Å²) in [6.07, 6.45) is 3.71. The maximum Gasteiger partial charge on any atom is 0.321 e. The number of rotatable bonds is 3. The van der Waals surface area contributed by atoms with Crippen molar-refractivity contribution < 1.29 is 9.90 Å². The van der Waals surface area contributed by atoms with Gasteiger partial charge in [-0.05, 0) is 67.3 Å². The maximum atomic E-state index is 13.1. The van der Waals surface area contributed by atoms with E-state index in [0.29, 0.717) is 6.54 Å². The van der Waals surface area contributed by atoms with Crippen molar-refractivity contribution in [3.8, 4) is 11.8 Å². The number of benzene rings is 2. The molecule has 5 rings (SSSR count). The van der Waals surface area contributed by atoms with Crippen LogP contribution >= 0.6 is 0 Å². The minimum atomic E-state index is -0.0654. The number of aromatic nitrogens is 1. The number of anilines is 1. The Hall–Kier alpha value is -3.66.